The van der Waals surface area contributed by atoms with Gasteiger partial charge < -0.3 is 14.5 Å². The monoisotopic (exact) mass is 442 g/mol. The van der Waals surface area contributed by atoms with Crippen LogP contribution in [0.3, 0.4) is 0 Å². The number of hydrazone groups is 1. The molecule has 0 radical (unpaired) electrons. The van der Waals surface area contributed by atoms with Crippen LogP contribution in [-0.4, -0.2) is 35.3 Å². The average molecular weight is 443 g/mol. The van der Waals surface area contributed by atoms with E-state index in [2.05, 4.69) is 27.4 Å². The molecule has 0 aliphatic heterocycles. The molecule has 0 spiro atoms. The fourth-order valence-corrected chi connectivity index (χ4v) is 3.15. The zero-order valence-corrected chi connectivity index (χ0v) is 19.3. The summed E-state index contributed by atoms with van der Waals surface area (Å²) >= 11 is 0. The predicted octanol–water partition coefficient (Wildman–Crippen LogP) is 4.37. The second kappa shape index (κ2) is 14.0. The van der Waals surface area contributed by atoms with Gasteiger partial charge in [-0.05, 0) is 50.1 Å². The Morgan fingerprint density at radius 1 is 1.06 bits per heavy atom. The number of unbranched alkanes of at least 4 members (excludes halogenated alkanes) is 6. The summed E-state index contributed by atoms with van der Waals surface area (Å²) in [5, 5.41) is 3.95. The van der Waals surface area contributed by atoms with Gasteiger partial charge >= 0.3 is 5.69 Å². The summed E-state index contributed by atoms with van der Waals surface area (Å²) in [7, 11) is 0. The van der Waals surface area contributed by atoms with Crippen LogP contribution >= 0.6 is 0 Å². The van der Waals surface area contributed by atoms with Crippen molar-refractivity contribution in [3.8, 4) is 11.5 Å². The molecule has 174 valence electrons. The largest absolute Gasteiger partial charge is 0.490 e. The number of hydrogen-bond donors (Lipinski definition) is 2. The number of amides is 1. The third-order valence-corrected chi connectivity index (χ3v) is 4.76. The lowest BCUT2D eigenvalue weighted by atomic mass is 10.1. The van der Waals surface area contributed by atoms with Gasteiger partial charge in [0, 0.05) is 5.69 Å². The van der Waals surface area contributed by atoms with Gasteiger partial charge in [0.2, 0.25) is 0 Å². The van der Waals surface area contributed by atoms with Gasteiger partial charge in [0.25, 0.3) is 5.91 Å². The maximum atomic E-state index is 12.1. The van der Waals surface area contributed by atoms with Gasteiger partial charge in [0.15, 0.2) is 11.5 Å². The van der Waals surface area contributed by atoms with E-state index in [1.54, 1.807) is 6.92 Å². The molecule has 8 heteroatoms. The van der Waals surface area contributed by atoms with Crippen LogP contribution in [-0.2, 0) is 0 Å². The van der Waals surface area contributed by atoms with E-state index in [1.165, 1.54) is 50.8 Å². The van der Waals surface area contributed by atoms with Crippen molar-refractivity contribution in [2.45, 2.75) is 65.7 Å². The molecule has 0 bridgehead atoms. The predicted molar refractivity (Wildman–Crippen MR) is 126 cm³/mol. The van der Waals surface area contributed by atoms with E-state index in [-0.39, 0.29) is 5.69 Å². The molecular formula is C24H34N4O4. The Balaban J connectivity index is 1.88. The van der Waals surface area contributed by atoms with Gasteiger partial charge in [-0.25, -0.2) is 10.2 Å². The molecule has 32 heavy (non-hydrogen) atoms. The first-order valence-electron chi connectivity index (χ1n) is 11.3. The number of benzene rings is 1. The Bertz CT molecular complexity index is 940. The van der Waals surface area contributed by atoms with Gasteiger partial charge in [-0.1, -0.05) is 45.4 Å². The molecule has 1 heterocycles. The third kappa shape index (κ3) is 8.91. The van der Waals surface area contributed by atoms with Crippen LogP contribution in [0.5, 0.6) is 11.5 Å². The molecule has 0 saturated carbocycles. The zero-order chi connectivity index (χ0) is 23.2. The first-order chi connectivity index (χ1) is 15.5. The fraction of sp³-hybridized carbons (Fsp3) is 0.500. The highest BCUT2D eigenvalue weighted by Crippen LogP contribution is 2.28. The van der Waals surface area contributed by atoms with Crippen LogP contribution in [0.25, 0.3) is 0 Å². The molecule has 2 aromatic rings. The van der Waals surface area contributed by atoms with E-state index in [4.69, 9.17) is 9.47 Å². The SMILES string of the molecule is CCCCCCCCCOc1ccc(/C=N/NC(=O)c2cc(C)[nH]c(=O)n2)cc1OCC. The Labute approximate surface area is 189 Å². The quantitative estimate of drug-likeness (QED) is 0.257. The number of ether oxygens (including phenoxy) is 2. The lowest BCUT2D eigenvalue weighted by Crippen LogP contribution is -2.24. The van der Waals surface area contributed by atoms with E-state index in [0.29, 0.717) is 30.4 Å². The molecule has 2 rings (SSSR count). The minimum absolute atomic E-state index is 0.00696. The number of aromatic amines is 1. The molecule has 8 nitrogen and oxygen atoms in total. The highest BCUT2D eigenvalue weighted by atomic mass is 16.5. The lowest BCUT2D eigenvalue weighted by Gasteiger charge is -2.12. The van der Waals surface area contributed by atoms with Gasteiger partial charge in [0.05, 0.1) is 19.4 Å². The topological polar surface area (TPSA) is 106 Å². The van der Waals surface area contributed by atoms with Crippen LogP contribution in [0.15, 0.2) is 34.2 Å². The van der Waals surface area contributed by atoms with Crippen LogP contribution in [0.2, 0.25) is 0 Å². The highest BCUT2D eigenvalue weighted by molar-refractivity contribution is 5.93. The van der Waals surface area contributed by atoms with Crippen molar-refractivity contribution < 1.29 is 14.3 Å². The Morgan fingerprint density at radius 3 is 2.53 bits per heavy atom. The third-order valence-electron chi connectivity index (χ3n) is 4.76. The number of rotatable bonds is 14. The van der Waals surface area contributed by atoms with Crippen molar-refractivity contribution in [3.63, 3.8) is 0 Å². The minimum Gasteiger partial charge on any atom is -0.490 e. The van der Waals surface area contributed by atoms with E-state index in [1.807, 2.05) is 25.1 Å². The van der Waals surface area contributed by atoms with Crippen LogP contribution < -0.4 is 20.6 Å². The number of aryl methyl sites for hydroxylation is 1. The lowest BCUT2D eigenvalue weighted by molar-refractivity contribution is 0.0949. The van der Waals surface area contributed by atoms with Crippen molar-refractivity contribution in [3.05, 3.63) is 51.7 Å². The molecule has 2 N–H and O–H groups in total. The molecule has 0 aliphatic rings. The van der Waals surface area contributed by atoms with Crippen molar-refractivity contribution in [2.24, 2.45) is 5.10 Å². The summed E-state index contributed by atoms with van der Waals surface area (Å²) in [5.74, 6) is 0.773. The molecule has 0 aliphatic carbocycles. The molecule has 0 unspecified atom stereocenters. The number of carbonyl (C=O) groups excluding carboxylic acids is 1. The number of hydrogen-bond acceptors (Lipinski definition) is 6. The summed E-state index contributed by atoms with van der Waals surface area (Å²) in [6, 6.07) is 6.98. The van der Waals surface area contributed by atoms with Crippen LogP contribution in [0.1, 0.15) is 80.5 Å². The van der Waals surface area contributed by atoms with Crippen molar-refractivity contribution >= 4 is 12.1 Å². The number of nitrogens with zero attached hydrogens (tertiary/aromatic N) is 2. The normalized spacial score (nSPS) is 11.0. The summed E-state index contributed by atoms with van der Waals surface area (Å²) in [5.41, 5.74) is 3.10. The Morgan fingerprint density at radius 2 is 1.81 bits per heavy atom. The minimum atomic E-state index is -0.576. The van der Waals surface area contributed by atoms with Crippen LogP contribution in [0, 0.1) is 6.92 Å². The molecule has 0 fully saturated rings. The van der Waals surface area contributed by atoms with Gasteiger partial charge in [0.1, 0.15) is 5.69 Å². The molecule has 1 aromatic heterocycles. The summed E-state index contributed by atoms with van der Waals surface area (Å²) in [6.45, 7) is 6.98. The van der Waals surface area contributed by atoms with Crippen molar-refractivity contribution in [1.29, 1.82) is 0 Å². The van der Waals surface area contributed by atoms with E-state index in [0.717, 1.165) is 12.0 Å². The molecule has 1 amide bonds. The Kier molecular flexibility index (Phi) is 11.0. The average Bonchev–Trinajstić information content (AvgIpc) is 2.76. The number of aromatic nitrogens is 2. The summed E-state index contributed by atoms with van der Waals surface area (Å²) in [6.07, 6.45) is 10.1. The van der Waals surface area contributed by atoms with Crippen molar-refractivity contribution in [2.75, 3.05) is 13.2 Å². The van der Waals surface area contributed by atoms with E-state index in [9.17, 15) is 9.59 Å². The summed E-state index contributed by atoms with van der Waals surface area (Å²) < 4.78 is 11.6. The molecular weight excluding hydrogens is 408 g/mol. The van der Waals surface area contributed by atoms with Gasteiger partial charge in [-0.15, -0.1) is 0 Å². The number of nitrogens with one attached hydrogen (secondary N) is 2. The van der Waals surface area contributed by atoms with Gasteiger partial charge in [-0.2, -0.15) is 10.1 Å². The Hall–Kier alpha value is -3.16. The second-order valence-corrected chi connectivity index (χ2v) is 7.56. The first kappa shape index (κ1) is 25.1. The molecule has 1 aromatic carbocycles. The zero-order valence-electron chi connectivity index (χ0n) is 19.3. The molecule has 0 saturated heterocycles. The maximum Gasteiger partial charge on any atom is 0.345 e. The van der Waals surface area contributed by atoms with E-state index >= 15 is 0 Å². The first-order valence-corrected chi connectivity index (χ1v) is 11.3. The van der Waals surface area contributed by atoms with E-state index < -0.39 is 11.6 Å². The summed E-state index contributed by atoms with van der Waals surface area (Å²) in [4.78, 5) is 29.6. The number of carbonyl (C=O) groups is 1. The number of H-pyrrole nitrogens is 1. The highest BCUT2D eigenvalue weighted by Gasteiger charge is 2.09. The van der Waals surface area contributed by atoms with Gasteiger partial charge in [-0.3, -0.25) is 4.79 Å². The van der Waals surface area contributed by atoms with Crippen LogP contribution in [0.4, 0.5) is 0 Å². The second-order valence-electron chi connectivity index (χ2n) is 7.56. The fourth-order valence-electron chi connectivity index (χ4n) is 3.15. The van der Waals surface area contributed by atoms with Crippen molar-refractivity contribution in [1.82, 2.24) is 15.4 Å². The maximum absolute atomic E-state index is 12.1. The smallest absolute Gasteiger partial charge is 0.345 e. The molecule has 0 atom stereocenters. The standard InChI is InChI=1S/C24H34N4O4/c1-4-6-7-8-9-10-11-14-32-21-13-12-19(16-22(21)31-5-2)17-25-28-23(29)20-15-18(3)26-24(30)27-20/h12-13,15-17H,4-11,14H2,1-3H3,(H,28,29)(H,26,27,30)/b25-17+.